The molecule has 0 saturated heterocycles. The van der Waals surface area contributed by atoms with Crippen LogP contribution in [0.2, 0.25) is 0 Å². The van der Waals surface area contributed by atoms with Gasteiger partial charge < -0.3 is 13.9 Å². The van der Waals surface area contributed by atoms with E-state index in [1.165, 1.54) is 26.4 Å². The predicted octanol–water partition coefficient (Wildman–Crippen LogP) is 1.67. The number of carboxylic acids is 1. The first-order chi connectivity index (χ1) is 9.33. The monoisotopic (exact) mass is 299 g/mol. The van der Waals surface area contributed by atoms with Crippen molar-refractivity contribution in [1.82, 2.24) is 4.72 Å². The van der Waals surface area contributed by atoms with Crippen LogP contribution in [0.3, 0.4) is 0 Å². The maximum absolute atomic E-state index is 12.2. The average Bonchev–Trinajstić information content (AvgIpc) is 2.94. The maximum atomic E-state index is 12.2. The summed E-state index contributed by atoms with van der Waals surface area (Å²) in [5.74, 6) is -1.25. The molecule has 0 fully saturated rings. The highest BCUT2D eigenvalue weighted by Crippen LogP contribution is 2.26. The summed E-state index contributed by atoms with van der Waals surface area (Å²) in [6.07, 6.45) is 2.81. The maximum Gasteiger partial charge on any atom is 0.340 e. The Balaban J connectivity index is 2.37. The van der Waals surface area contributed by atoms with Gasteiger partial charge in [-0.1, -0.05) is 0 Å². The minimum absolute atomic E-state index is 0.00155. The first-order valence-corrected chi connectivity index (χ1v) is 7.15. The van der Waals surface area contributed by atoms with E-state index in [4.69, 9.17) is 13.9 Å². The van der Waals surface area contributed by atoms with Crippen molar-refractivity contribution in [3.05, 3.63) is 41.2 Å². The Morgan fingerprint density at radius 1 is 1.35 bits per heavy atom. The minimum Gasteiger partial charge on any atom is -0.478 e. The zero-order chi connectivity index (χ0) is 14.9. The molecule has 2 heterocycles. The molecule has 7 nitrogen and oxygen atoms in total. The molecule has 2 aromatic heterocycles. The number of furan rings is 2. The number of rotatable bonds is 5. The van der Waals surface area contributed by atoms with E-state index in [0.29, 0.717) is 5.56 Å². The quantitative estimate of drug-likeness (QED) is 0.869. The average molecular weight is 299 g/mol. The number of carboxylic acid groups (broad SMARTS) is 1. The molecular formula is C12H13NO6S. The normalized spacial score (nSPS) is 11.7. The number of aromatic carboxylic acids is 1. The fraction of sp³-hybridized carbons (Fsp3) is 0.250. The lowest BCUT2D eigenvalue weighted by Crippen LogP contribution is -2.25. The molecule has 0 spiro atoms. The topological polar surface area (TPSA) is 110 Å². The van der Waals surface area contributed by atoms with Crippen LogP contribution in [0.5, 0.6) is 0 Å². The molecule has 0 unspecified atom stereocenters. The van der Waals surface area contributed by atoms with Gasteiger partial charge in [-0.25, -0.2) is 17.9 Å². The first-order valence-electron chi connectivity index (χ1n) is 5.67. The third-order valence-corrected chi connectivity index (χ3v) is 4.29. The SMILES string of the molecule is Cc1oc(C)c(S(=O)(=O)NCc2ccoc2)c1C(=O)O. The molecule has 20 heavy (non-hydrogen) atoms. The van der Waals surface area contributed by atoms with Crippen molar-refractivity contribution >= 4 is 16.0 Å². The van der Waals surface area contributed by atoms with Crippen LogP contribution in [-0.2, 0) is 16.6 Å². The predicted molar refractivity (Wildman–Crippen MR) is 67.9 cm³/mol. The Bertz CT molecular complexity index is 726. The largest absolute Gasteiger partial charge is 0.478 e. The second-order valence-electron chi connectivity index (χ2n) is 4.18. The van der Waals surface area contributed by atoms with Crippen LogP contribution < -0.4 is 4.72 Å². The molecule has 2 aromatic rings. The Morgan fingerprint density at radius 3 is 2.60 bits per heavy atom. The van der Waals surface area contributed by atoms with E-state index in [-0.39, 0.29) is 28.5 Å². The Labute approximate surface area is 115 Å². The van der Waals surface area contributed by atoms with Gasteiger partial charge in [0.2, 0.25) is 10.0 Å². The summed E-state index contributed by atoms with van der Waals surface area (Å²) in [5.41, 5.74) is 0.283. The van der Waals surface area contributed by atoms with Crippen molar-refractivity contribution in [3.8, 4) is 0 Å². The molecule has 0 aliphatic rings. The zero-order valence-electron chi connectivity index (χ0n) is 10.8. The summed E-state index contributed by atoms with van der Waals surface area (Å²) in [4.78, 5) is 10.8. The number of aryl methyl sites for hydroxylation is 2. The van der Waals surface area contributed by atoms with Gasteiger partial charge in [0, 0.05) is 12.1 Å². The smallest absolute Gasteiger partial charge is 0.340 e. The summed E-state index contributed by atoms with van der Waals surface area (Å²) in [7, 11) is -3.99. The van der Waals surface area contributed by atoms with Crippen molar-refractivity contribution < 1.29 is 27.2 Å². The van der Waals surface area contributed by atoms with Crippen LogP contribution in [-0.4, -0.2) is 19.5 Å². The summed E-state index contributed by atoms with van der Waals surface area (Å²) >= 11 is 0. The fourth-order valence-corrected chi connectivity index (χ4v) is 3.30. The molecule has 108 valence electrons. The highest BCUT2D eigenvalue weighted by molar-refractivity contribution is 7.89. The van der Waals surface area contributed by atoms with Gasteiger partial charge in [-0.2, -0.15) is 0 Å². The second kappa shape index (κ2) is 5.14. The minimum atomic E-state index is -3.99. The molecular weight excluding hydrogens is 286 g/mol. The van der Waals surface area contributed by atoms with E-state index < -0.39 is 16.0 Å². The lowest BCUT2D eigenvalue weighted by Gasteiger charge is -2.05. The van der Waals surface area contributed by atoms with Gasteiger partial charge in [0.25, 0.3) is 0 Å². The summed E-state index contributed by atoms with van der Waals surface area (Å²) in [6.45, 7) is 2.82. The van der Waals surface area contributed by atoms with Crippen molar-refractivity contribution in [2.75, 3.05) is 0 Å². The van der Waals surface area contributed by atoms with E-state index in [9.17, 15) is 13.2 Å². The molecule has 0 aliphatic heterocycles. The standard InChI is InChI=1S/C12H13NO6S/c1-7-10(12(14)15)11(8(2)19-7)20(16,17)13-5-9-3-4-18-6-9/h3-4,6,13H,5H2,1-2H3,(H,14,15). The van der Waals surface area contributed by atoms with Crippen LogP contribution in [0, 0.1) is 13.8 Å². The second-order valence-corrected chi connectivity index (χ2v) is 5.88. The first kappa shape index (κ1) is 14.4. The van der Waals surface area contributed by atoms with Crippen LogP contribution >= 0.6 is 0 Å². The molecule has 2 rings (SSSR count). The highest BCUT2D eigenvalue weighted by Gasteiger charge is 2.30. The number of nitrogens with one attached hydrogen (secondary N) is 1. The van der Waals surface area contributed by atoms with E-state index >= 15 is 0 Å². The van der Waals surface area contributed by atoms with Gasteiger partial charge >= 0.3 is 5.97 Å². The van der Waals surface area contributed by atoms with Crippen molar-refractivity contribution in [3.63, 3.8) is 0 Å². The Hall–Kier alpha value is -2.06. The molecule has 0 radical (unpaired) electrons. The van der Waals surface area contributed by atoms with Gasteiger partial charge in [-0.15, -0.1) is 0 Å². The van der Waals surface area contributed by atoms with Crippen LogP contribution in [0.15, 0.2) is 32.3 Å². The molecule has 0 amide bonds. The molecule has 0 atom stereocenters. The summed E-state index contributed by atoms with van der Waals surface area (Å²) in [6, 6.07) is 1.61. The van der Waals surface area contributed by atoms with Crippen molar-refractivity contribution in [2.45, 2.75) is 25.3 Å². The van der Waals surface area contributed by atoms with Gasteiger partial charge in [-0.3, -0.25) is 0 Å². The van der Waals surface area contributed by atoms with E-state index in [1.54, 1.807) is 6.07 Å². The van der Waals surface area contributed by atoms with Crippen molar-refractivity contribution in [1.29, 1.82) is 0 Å². The molecule has 8 heteroatoms. The van der Waals surface area contributed by atoms with Crippen LogP contribution in [0.1, 0.15) is 27.4 Å². The summed E-state index contributed by atoms with van der Waals surface area (Å²) < 4.78 is 36.7. The van der Waals surface area contributed by atoms with Gasteiger partial charge in [-0.05, 0) is 19.9 Å². The number of carbonyl (C=O) groups is 1. The third kappa shape index (κ3) is 2.61. The third-order valence-electron chi connectivity index (χ3n) is 2.73. The number of hydrogen-bond donors (Lipinski definition) is 2. The van der Waals surface area contributed by atoms with Crippen molar-refractivity contribution in [2.24, 2.45) is 0 Å². The van der Waals surface area contributed by atoms with Gasteiger partial charge in [0.15, 0.2) is 0 Å². The van der Waals surface area contributed by atoms with E-state index in [2.05, 4.69) is 4.72 Å². The Morgan fingerprint density at radius 2 is 2.05 bits per heavy atom. The van der Waals surface area contributed by atoms with E-state index in [1.807, 2.05) is 0 Å². The lowest BCUT2D eigenvalue weighted by molar-refractivity contribution is 0.0691. The molecule has 0 aliphatic carbocycles. The van der Waals surface area contributed by atoms with Gasteiger partial charge in [0.05, 0.1) is 12.5 Å². The van der Waals surface area contributed by atoms with Crippen LogP contribution in [0.4, 0.5) is 0 Å². The number of hydrogen-bond acceptors (Lipinski definition) is 5. The molecule has 0 bridgehead atoms. The van der Waals surface area contributed by atoms with Crippen LogP contribution in [0.25, 0.3) is 0 Å². The zero-order valence-corrected chi connectivity index (χ0v) is 11.7. The van der Waals surface area contributed by atoms with E-state index in [0.717, 1.165) is 0 Å². The molecule has 0 saturated carbocycles. The highest BCUT2D eigenvalue weighted by atomic mass is 32.2. The molecule has 0 aromatic carbocycles. The molecule has 2 N–H and O–H groups in total. The number of sulfonamides is 1. The Kier molecular flexibility index (Phi) is 3.69. The van der Waals surface area contributed by atoms with Gasteiger partial charge in [0.1, 0.15) is 22.0 Å². The fourth-order valence-electron chi connectivity index (χ4n) is 1.88. The summed E-state index contributed by atoms with van der Waals surface area (Å²) in [5, 5.41) is 9.11. The lowest BCUT2D eigenvalue weighted by atomic mass is 10.2.